The van der Waals surface area contributed by atoms with Crippen molar-refractivity contribution in [3.63, 3.8) is 0 Å². The predicted molar refractivity (Wildman–Crippen MR) is 89.3 cm³/mol. The number of anilines is 1. The first-order valence-corrected chi connectivity index (χ1v) is 7.09. The molecule has 23 heavy (non-hydrogen) atoms. The maximum atomic E-state index is 11.7. The first-order valence-electron chi connectivity index (χ1n) is 7.09. The third kappa shape index (κ3) is 5.70. The van der Waals surface area contributed by atoms with E-state index in [0.29, 0.717) is 17.9 Å². The highest BCUT2D eigenvalue weighted by molar-refractivity contribution is 5.91. The zero-order valence-corrected chi connectivity index (χ0v) is 12.9. The van der Waals surface area contributed by atoms with E-state index < -0.39 is 0 Å². The summed E-state index contributed by atoms with van der Waals surface area (Å²) in [5.74, 6) is 0.720. The number of ether oxygens (including phenoxy) is 1. The molecule has 0 bridgehead atoms. The van der Waals surface area contributed by atoms with E-state index >= 15 is 0 Å². The Labute approximate surface area is 134 Å². The fourth-order valence-electron chi connectivity index (χ4n) is 1.88. The Morgan fingerprint density at radius 3 is 2.48 bits per heavy atom. The molecule has 2 aromatic rings. The molecule has 0 radical (unpaired) electrons. The number of oxime groups is 1. The van der Waals surface area contributed by atoms with Gasteiger partial charge < -0.3 is 20.6 Å². The number of rotatable bonds is 7. The van der Waals surface area contributed by atoms with Crippen LogP contribution in [0.15, 0.2) is 59.8 Å². The van der Waals surface area contributed by atoms with Crippen molar-refractivity contribution in [3.05, 3.63) is 60.2 Å². The predicted octanol–water partition coefficient (Wildman–Crippen LogP) is 2.17. The molecule has 0 aliphatic carbocycles. The smallest absolute Gasteiger partial charge is 0.265 e. The molecule has 0 aliphatic heterocycles. The number of carbonyl (C=O) groups is 1. The van der Waals surface area contributed by atoms with E-state index in [2.05, 4.69) is 10.5 Å². The molecule has 120 valence electrons. The van der Waals surface area contributed by atoms with Gasteiger partial charge in [-0.3, -0.25) is 4.79 Å². The first kappa shape index (κ1) is 16.4. The minimum Gasteiger partial charge on any atom is -0.497 e. The summed E-state index contributed by atoms with van der Waals surface area (Å²) in [7, 11) is 1.58. The van der Waals surface area contributed by atoms with Crippen LogP contribution in [0.25, 0.3) is 0 Å². The van der Waals surface area contributed by atoms with Gasteiger partial charge in [0.15, 0.2) is 6.61 Å². The van der Waals surface area contributed by atoms with Gasteiger partial charge in [0.25, 0.3) is 5.91 Å². The summed E-state index contributed by atoms with van der Waals surface area (Å²) >= 11 is 0. The van der Waals surface area contributed by atoms with Gasteiger partial charge in [-0.2, -0.15) is 0 Å². The second-order valence-electron chi connectivity index (χ2n) is 4.80. The van der Waals surface area contributed by atoms with E-state index in [0.717, 1.165) is 11.3 Å². The van der Waals surface area contributed by atoms with Crippen molar-refractivity contribution >= 4 is 17.4 Å². The van der Waals surface area contributed by atoms with E-state index in [9.17, 15) is 4.79 Å². The van der Waals surface area contributed by atoms with Gasteiger partial charge in [-0.15, -0.1) is 0 Å². The highest BCUT2D eigenvalue weighted by Gasteiger charge is 2.03. The van der Waals surface area contributed by atoms with Crippen molar-refractivity contribution in [1.82, 2.24) is 0 Å². The van der Waals surface area contributed by atoms with Crippen molar-refractivity contribution in [3.8, 4) is 5.75 Å². The summed E-state index contributed by atoms with van der Waals surface area (Å²) in [6.45, 7) is -0.207. The minimum atomic E-state index is -0.313. The number of hydrogen-bond donors (Lipinski definition) is 2. The molecule has 2 aromatic carbocycles. The van der Waals surface area contributed by atoms with Crippen molar-refractivity contribution in [2.75, 3.05) is 19.0 Å². The van der Waals surface area contributed by atoms with Gasteiger partial charge >= 0.3 is 0 Å². The lowest BCUT2D eigenvalue weighted by molar-refractivity contribution is -0.120. The maximum absolute atomic E-state index is 11.7. The lowest BCUT2D eigenvalue weighted by Gasteiger charge is -2.06. The average Bonchev–Trinajstić information content (AvgIpc) is 2.56. The van der Waals surface area contributed by atoms with Crippen LogP contribution in [0.5, 0.6) is 5.75 Å². The van der Waals surface area contributed by atoms with Gasteiger partial charge in [0.2, 0.25) is 0 Å². The SMILES string of the molecule is COc1ccc(NC(=O)CO/N=C(/N)Cc2ccccc2)cc1. The molecule has 6 nitrogen and oxygen atoms in total. The van der Waals surface area contributed by atoms with Crippen LogP contribution in [0.4, 0.5) is 5.69 Å². The van der Waals surface area contributed by atoms with Gasteiger partial charge in [-0.05, 0) is 29.8 Å². The largest absolute Gasteiger partial charge is 0.497 e. The average molecular weight is 313 g/mol. The first-order chi connectivity index (χ1) is 11.2. The number of amides is 1. The summed E-state index contributed by atoms with van der Waals surface area (Å²) in [4.78, 5) is 16.7. The van der Waals surface area contributed by atoms with Gasteiger partial charge in [0.1, 0.15) is 11.6 Å². The molecular weight excluding hydrogens is 294 g/mol. The van der Waals surface area contributed by atoms with Crippen LogP contribution in [0, 0.1) is 0 Å². The highest BCUT2D eigenvalue weighted by atomic mass is 16.6. The zero-order valence-electron chi connectivity index (χ0n) is 12.9. The van der Waals surface area contributed by atoms with Crippen LogP contribution in [0.2, 0.25) is 0 Å². The lowest BCUT2D eigenvalue weighted by Crippen LogP contribution is -2.20. The summed E-state index contributed by atoms with van der Waals surface area (Å²) in [5, 5.41) is 6.43. The Morgan fingerprint density at radius 1 is 1.13 bits per heavy atom. The molecule has 0 atom stereocenters. The molecule has 0 spiro atoms. The Bertz CT molecular complexity index is 655. The molecule has 0 aromatic heterocycles. The number of nitrogens with two attached hydrogens (primary N) is 1. The van der Waals surface area contributed by atoms with E-state index in [1.54, 1.807) is 31.4 Å². The highest BCUT2D eigenvalue weighted by Crippen LogP contribution is 2.14. The number of methoxy groups -OCH3 is 1. The number of benzene rings is 2. The van der Waals surface area contributed by atoms with Gasteiger partial charge in [-0.25, -0.2) is 0 Å². The van der Waals surface area contributed by atoms with Crippen LogP contribution in [0.3, 0.4) is 0 Å². The van der Waals surface area contributed by atoms with Crippen molar-refractivity contribution in [1.29, 1.82) is 0 Å². The fourth-order valence-corrected chi connectivity index (χ4v) is 1.88. The van der Waals surface area contributed by atoms with Gasteiger partial charge in [-0.1, -0.05) is 35.5 Å². The Kier molecular flexibility index (Phi) is 5.99. The molecule has 0 unspecified atom stereocenters. The van der Waals surface area contributed by atoms with Crippen molar-refractivity contribution in [2.24, 2.45) is 10.9 Å². The lowest BCUT2D eigenvalue weighted by atomic mass is 10.1. The third-order valence-corrected chi connectivity index (χ3v) is 2.98. The van der Waals surface area contributed by atoms with E-state index in [-0.39, 0.29) is 12.5 Å². The Morgan fingerprint density at radius 2 is 1.83 bits per heavy atom. The van der Waals surface area contributed by atoms with E-state index in [1.807, 2.05) is 30.3 Å². The molecule has 2 rings (SSSR count). The summed E-state index contributed by atoms with van der Waals surface area (Å²) in [6.07, 6.45) is 0.473. The number of nitrogens with one attached hydrogen (secondary N) is 1. The minimum absolute atomic E-state index is 0.207. The topological polar surface area (TPSA) is 85.9 Å². The van der Waals surface area contributed by atoms with Crippen LogP contribution in [-0.4, -0.2) is 25.5 Å². The molecule has 0 fully saturated rings. The zero-order chi connectivity index (χ0) is 16.5. The van der Waals surface area contributed by atoms with Gasteiger partial charge in [0.05, 0.1) is 7.11 Å². The Balaban J connectivity index is 1.76. The second-order valence-corrected chi connectivity index (χ2v) is 4.80. The molecule has 6 heteroatoms. The molecule has 0 saturated heterocycles. The Hall–Kier alpha value is -3.02. The quantitative estimate of drug-likeness (QED) is 0.466. The van der Waals surface area contributed by atoms with Crippen LogP contribution in [-0.2, 0) is 16.1 Å². The summed E-state index contributed by atoms with van der Waals surface area (Å²) in [5.41, 5.74) is 7.44. The van der Waals surface area contributed by atoms with E-state index in [4.69, 9.17) is 15.3 Å². The van der Waals surface area contributed by atoms with Crippen molar-refractivity contribution in [2.45, 2.75) is 6.42 Å². The van der Waals surface area contributed by atoms with Crippen LogP contribution >= 0.6 is 0 Å². The second kappa shape index (κ2) is 8.43. The number of amidine groups is 1. The van der Waals surface area contributed by atoms with Crippen LogP contribution < -0.4 is 15.8 Å². The molecular formula is C17H19N3O3. The maximum Gasteiger partial charge on any atom is 0.265 e. The fraction of sp³-hybridized carbons (Fsp3) is 0.176. The third-order valence-electron chi connectivity index (χ3n) is 2.98. The normalized spacial score (nSPS) is 10.9. The molecule has 0 aliphatic rings. The van der Waals surface area contributed by atoms with Gasteiger partial charge in [0, 0.05) is 12.1 Å². The summed E-state index contributed by atoms with van der Waals surface area (Å²) < 4.78 is 5.05. The molecule has 1 amide bonds. The molecule has 3 N–H and O–H groups in total. The standard InChI is InChI=1S/C17H19N3O3/c1-22-15-9-7-14(8-10-15)19-17(21)12-23-20-16(18)11-13-5-3-2-4-6-13/h2-10H,11-12H2,1H3,(H2,18,20)(H,19,21). The number of hydrogen-bond acceptors (Lipinski definition) is 4. The number of carbonyl (C=O) groups excluding carboxylic acids is 1. The van der Waals surface area contributed by atoms with Crippen molar-refractivity contribution < 1.29 is 14.4 Å². The number of nitrogens with zero attached hydrogens (tertiary/aromatic N) is 1. The summed E-state index contributed by atoms with van der Waals surface area (Å²) in [6, 6.07) is 16.7. The van der Waals surface area contributed by atoms with E-state index in [1.165, 1.54) is 0 Å². The molecule has 0 saturated carbocycles. The monoisotopic (exact) mass is 313 g/mol. The van der Waals surface area contributed by atoms with Crippen LogP contribution in [0.1, 0.15) is 5.56 Å². The molecule has 0 heterocycles.